The Kier molecular flexibility index (Phi) is 1.59. The standard InChI is InChI=1S/C10H9NO2/c1-7(12)10-6-8-4-2-3-5-9(8)11(10)13/h2-6,13H,1H3. The summed E-state index contributed by atoms with van der Waals surface area (Å²) in [5.41, 5.74) is 0.980. The van der Waals surface area contributed by atoms with E-state index in [1.807, 2.05) is 18.2 Å². The Morgan fingerprint density at radius 2 is 2.08 bits per heavy atom. The number of hydrogen-bond donors (Lipinski definition) is 1. The molecule has 0 saturated carbocycles. The minimum atomic E-state index is -0.140. The second kappa shape index (κ2) is 2.62. The van der Waals surface area contributed by atoms with E-state index in [0.717, 1.165) is 10.1 Å². The first-order valence-corrected chi connectivity index (χ1v) is 4.01. The van der Waals surface area contributed by atoms with Crippen molar-refractivity contribution in [3.63, 3.8) is 0 Å². The van der Waals surface area contributed by atoms with Gasteiger partial charge in [-0.05, 0) is 12.1 Å². The summed E-state index contributed by atoms with van der Waals surface area (Å²) in [4.78, 5) is 11.1. The monoisotopic (exact) mass is 175 g/mol. The number of carbonyl (C=O) groups excluding carboxylic acids is 1. The van der Waals surface area contributed by atoms with Gasteiger partial charge in [0, 0.05) is 12.3 Å². The zero-order chi connectivity index (χ0) is 9.42. The molecule has 0 aliphatic rings. The lowest BCUT2D eigenvalue weighted by Gasteiger charge is -1.96. The molecule has 1 aromatic carbocycles. The van der Waals surface area contributed by atoms with Crippen LogP contribution in [-0.2, 0) is 0 Å². The van der Waals surface area contributed by atoms with Gasteiger partial charge in [0.1, 0.15) is 5.69 Å². The smallest absolute Gasteiger partial charge is 0.179 e. The van der Waals surface area contributed by atoms with Gasteiger partial charge in [-0.2, -0.15) is 4.73 Å². The van der Waals surface area contributed by atoms with Crippen LogP contribution >= 0.6 is 0 Å². The van der Waals surface area contributed by atoms with Gasteiger partial charge in [0.05, 0.1) is 5.52 Å². The summed E-state index contributed by atoms with van der Waals surface area (Å²) in [5, 5.41) is 10.4. The SMILES string of the molecule is CC(=O)c1cc2ccccc2n1O. The molecule has 2 rings (SSSR count). The number of fused-ring (bicyclic) bond motifs is 1. The van der Waals surface area contributed by atoms with Gasteiger partial charge in [0.15, 0.2) is 5.78 Å². The Labute approximate surface area is 75.2 Å². The summed E-state index contributed by atoms with van der Waals surface area (Å²) in [7, 11) is 0. The average Bonchev–Trinajstić information content (AvgIpc) is 2.45. The Bertz CT molecular complexity index is 471. The minimum Gasteiger partial charge on any atom is -0.428 e. The van der Waals surface area contributed by atoms with Crippen molar-refractivity contribution in [2.75, 3.05) is 0 Å². The highest BCUT2D eigenvalue weighted by Crippen LogP contribution is 2.17. The Hall–Kier alpha value is -1.77. The van der Waals surface area contributed by atoms with Gasteiger partial charge >= 0.3 is 0 Å². The third kappa shape index (κ3) is 1.09. The fraction of sp³-hybridized carbons (Fsp3) is 0.100. The molecule has 0 saturated heterocycles. The highest BCUT2D eigenvalue weighted by atomic mass is 16.5. The zero-order valence-electron chi connectivity index (χ0n) is 7.19. The normalized spacial score (nSPS) is 10.5. The number of aromatic nitrogens is 1. The fourth-order valence-electron chi connectivity index (χ4n) is 1.39. The Morgan fingerprint density at radius 3 is 2.69 bits per heavy atom. The van der Waals surface area contributed by atoms with Crippen LogP contribution in [0.3, 0.4) is 0 Å². The first kappa shape index (κ1) is 7.86. The Morgan fingerprint density at radius 1 is 1.38 bits per heavy atom. The highest BCUT2D eigenvalue weighted by Gasteiger charge is 2.09. The van der Waals surface area contributed by atoms with Crippen molar-refractivity contribution in [2.24, 2.45) is 0 Å². The van der Waals surface area contributed by atoms with Crippen molar-refractivity contribution in [1.29, 1.82) is 0 Å². The number of carbonyl (C=O) groups is 1. The minimum absolute atomic E-state index is 0.140. The summed E-state index contributed by atoms with van der Waals surface area (Å²) < 4.78 is 0.928. The molecule has 3 nitrogen and oxygen atoms in total. The van der Waals surface area contributed by atoms with Crippen LogP contribution < -0.4 is 0 Å². The van der Waals surface area contributed by atoms with E-state index in [1.165, 1.54) is 6.92 Å². The van der Waals surface area contributed by atoms with Gasteiger partial charge in [0.25, 0.3) is 0 Å². The summed E-state index contributed by atoms with van der Waals surface area (Å²) in [6.45, 7) is 1.43. The molecular weight excluding hydrogens is 166 g/mol. The van der Waals surface area contributed by atoms with Crippen LogP contribution in [0, 0.1) is 0 Å². The molecule has 0 radical (unpaired) electrons. The molecule has 1 heterocycles. The maximum Gasteiger partial charge on any atom is 0.179 e. The molecule has 0 spiro atoms. The predicted molar refractivity (Wildman–Crippen MR) is 49.1 cm³/mol. The van der Waals surface area contributed by atoms with Crippen LogP contribution in [0.25, 0.3) is 10.9 Å². The van der Waals surface area contributed by atoms with Crippen molar-refractivity contribution in [3.8, 4) is 0 Å². The second-order valence-electron chi connectivity index (χ2n) is 2.96. The molecule has 1 aromatic heterocycles. The van der Waals surface area contributed by atoms with E-state index in [2.05, 4.69) is 0 Å². The van der Waals surface area contributed by atoms with Crippen LogP contribution in [0.1, 0.15) is 17.4 Å². The topological polar surface area (TPSA) is 42.2 Å². The predicted octanol–water partition coefficient (Wildman–Crippen LogP) is 2.08. The number of nitrogens with zero attached hydrogens (tertiary/aromatic N) is 1. The molecule has 13 heavy (non-hydrogen) atoms. The first-order valence-electron chi connectivity index (χ1n) is 4.01. The summed E-state index contributed by atoms with van der Waals surface area (Å²) in [6.07, 6.45) is 0. The molecule has 66 valence electrons. The molecule has 2 aromatic rings. The maximum atomic E-state index is 11.1. The van der Waals surface area contributed by atoms with E-state index in [0.29, 0.717) is 11.2 Å². The van der Waals surface area contributed by atoms with E-state index >= 15 is 0 Å². The van der Waals surface area contributed by atoms with Crippen LogP contribution in [0.5, 0.6) is 0 Å². The van der Waals surface area contributed by atoms with Crippen LogP contribution in [0.2, 0.25) is 0 Å². The summed E-state index contributed by atoms with van der Waals surface area (Å²) in [5.74, 6) is -0.140. The van der Waals surface area contributed by atoms with E-state index in [4.69, 9.17) is 0 Å². The van der Waals surface area contributed by atoms with Gasteiger partial charge in [-0.25, -0.2) is 0 Å². The fourth-order valence-corrected chi connectivity index (χ4v) is 1.39. The van der Waals surface area contributed by atoms with Crippen LogP contribution in [-0.4, -0.2) is 15.7 Å². The average molecular weight is 175 g/mol. The molecular formula is C10H9NO2. The van der Waals surface area contributed by atoms with Crippen molar-refractivity contribution < 1.29 is 10.0 Å². The number of ketones is 1. The van der Waals surface area contributed by atoms with Gasteiger partial charge < -0.3 is 5.21 Å². The number of Topliss-reactive ketones (excluding diaryl/α,β-unsaturated/α-hetero) is 1. The summed E-state index contributed by atoms with van der Waals surface area (Å²) >= 11 is 0. The van der Waals surface area contributed by atoms with E-state index in [9.17, 15) is 10.0 Å². The van der Waals surface area contributed by atoms with E-state index in [-0.39, 0.29) is 5.78 Å². The van der Waals surface area contributed by atoms with Crippen LogP contribution in [0.15, 0.2) is 30.3 Å². The van der Waals surface area contributed by atoms with Crippen LogP contribution in [0.4, 0.5) is 0 Å². The quantitative estimate of drug-likeness (QED) is 0.532. The third-order valence-electron chi connectivity index (χ3n) is 2.05. The van der Waals surface area contributed by atoms with E-state index < -0.39 is 0 Å². The third-order valence-corrected chi connectivity index (χ3v) is 2.05. The Balaban J connectivity index is 2.81. The van der Waals surface area contributed by atoms with Gasteiger partial charge in [-0.15, -0.1) is 0 Å². The zero-order valence-corrected chi connectivity index (χ0v) is 7.19. The summed E-state index contributed by atoms with van der Waals surface area (Å²) in [6, 6.07) is 8.99. The lowest BCUT2D eigenvalue weighted by molar-refractivity contribution is 0.0970. The van der Waals surface area contributed by atoms with Crippen molar-refractivity contribution in [2.45, 2.75) is 6.92 Å². The lowest BCUT2D eigenvalue weighted by Crippen LogP contribution is -2.01. The highest BCUT2D eigenvalue weighted by molar-refractivity contribution is 5.98. The largest absolute Gasteiger partial charge is 0.428 e. The number of para-hydroxylation sites is 1. The molecule has 0 unspecified atom stereocenters. The van der Waals surface area contributed by atoms with Gasteiger partial charge in [0.2, 0.25) is 0 Å². The second-order valence-corrected chi connectivity index (χ2v) is 2.96. The first-order chi connectivity index (χ1) is 6.20. The van der Waals surface area contributed by atoms with Crippen molar-refractivity contribution >= 4 is 16.7 Å². The van der Waals surface area contributed by atoms with E-state index in [1.54, 1.807) is 12.1 Å². The molecule has 0 fully saturated rings. The lowest BCUT2D eigenvalue weighted by atomic mass is 10.2. The van der Waals surface area contributed by atoms with Gasteiger partial charge in [-0.3, -0.25) is 4.79 Å². The molecule has 0 amide bonds. The van der Waals surface area contributed by atoms with Crippen molar-refractivity contribution in [1.82, 2.24) is 4.73 Å². The van der Waals surface area contributed by atoms with Gasteiger partial charge in [-0.1, -0.05) is 18.2 Å². The molecule has 0 atom stereocenters. The maximum absolute atomic E-state index is 11.1. The molecule has 1 N–H and O–H groups in total. The number of hydrogen-bond acceptors (Lipinski definition) is 2. The van der Waals surface area contributed by atoms with Crippen molar-refractivity contribution in [3.05, 3.63) is 36.0 Å². The number of benzene rings is 1. The number of rotatable bonds is 1. The molecule has 3 heteroatoms. The molecule has 0 bridgehead atoms. The molecule has 0 aliphatic carbocycles. The molecule has 0 aliphatic heterocycles.